The Morgan fingerprint density at radius 1 is 1.62 bits per heavy atom. The van der Waals surface area contributed by atoms with Gasteiger partial charge in [0.15, 0.2) is 0 Å². The number of nitrogens with two attached hydrogens (primary N) is 1. The van der Waals surface area contributed by atoms with Crippen molar-refractivity contribution in [2.24, 2.45) is 5.73 Å². The van der Waals surface area contributed by atoms with Crippen molar-refractivity contribution >= 4 is 5.97 Å². The molecule has 5 heteroatoms. The first-order valence-corrected chi connectivity index (χ1v) is 4.77. The van der Waals surface area contributed by atoms with Gasteiger partial charge in [-0.15, -0.1) is 0 Å². The lowest BCUT2D eigenvalue weighted by Crippen LogP contribution is -2.17. The summed E-state index contributed by atoms with van der Waals surface area (Å²) in [4.78, 5) is 10.5. The molecule has 0 spiro atoms. The summed E-state index contributed by atoms with van der Waals surface area (Å²) in [5.74, 6) is -1.31. The van der Waals surface area contributed by atoms with Gasteiger partial charge in [-0.25, -0.2) is 4.39 Å². The van der Waals surface area contributed by atoms with Crippen LogP contribution in [0.25, 0.3) is 0 Å². The fraction of sp³-hybridized carbons (Fsp3) is 0.364. The molecule has 88 valence electrons. The molecule has 1 unspecified atom stereocenters. The molecule has 0 aliphatic carbocycles. The van der Waals surface area contributed by atoms with Crippen LogP contribution in [0.5, 0.6) is 5.75 Å². The molecule has 0 bridgehead atoms. The quantitative estimate of drug-likeness (QED) is 0.819. The van der Waals surface area contributed by atoms with Gasteiger partial charge in [0.25, 0.3) is 0 Å². The standard InChI is InChI=1S/C11H14FNO3/c1-6-3-4-7(12)10(11(6)16-2)8(13)5-9(14)15/h3-4,8H,5,13H2,1-2H3,(H,14,15). The van der Waals surface area contributed by atoms with E-state index in [0.29, 0.717) is 5.75 Å². The molecular formula is C11H14FNO3. The van der Waals surface area contributed by atoms with Crippen molar-refractivity contribution < 1.29 is 19.0 Å². The number of hydrogen-bond donors (Lipinski definition) is 2. The number of aryl methyl sites for hydroxylation is 1. The number of benzene rings is 1. The Morgan fingerprint density at radius 3 is 2.75 bits per heavy atom. The first kappa shape index (κ1) is 12.4. The number of aliphatic carboxylic acids is 1. The maximum atomic E-state index is 13.6. The summed E-state index contributed by atoms with van der Waals surface area (Å²) in [5.41, 5.74) is 6.48. The molecule has 4 nitrogen and oxygen atoms in total. The summed E-state index contributed by atoms with van der Waals surface area (Å²) >= 11 is 0. The third kappa shape index (κ3) is 2.49. The normalized spacial score (nSPS) is 12.2. The average molecular weight is 227 g/mol. The second-order valence-corrected chi connectivity index (χ2v) is 3.52. The number of halogens is 1. The number of rotatable bonds is 4. The van der Waals surface area contributed by atoms with Gasteiger partial charge >= 0.3 is 5.97 Å². The Balaban J connectivity index is 3.19. The van der Waals surface area contributed by atoms with Crippen molar-refractivity contribution in [3.63, 3.8) is 0 Å². The van der Waals surface area contributed by atoms with E-state index in [4.69, 9.17) is 15.6 Å². The maximum Gasteiger partial charge on any atom is 0.305 e. The van der Waals surface area contributed by atoms with E-state index >= 15 is 0 Å². The summed E-state index contributed by atoms with van der Waals surface area (Å²) in [6.07, 6.45) is -0.337. The Hall–Kier alpha value is -1.62. The van der Waals surface area contributed by atoms with Gasteiger partial charge < -0.3 is 15.6 Å². The van der Waals surface area contributed by atoms with E-state index in [1.54, 1.807) is 13.0 Å². The monoisotopic (exact) mass is 227 g/mol. The molecule has 1 rings (SSSR count). The molecule has 0 aliphatic heterocycles. The van der Waals surface area contributed by atoms with Crippen LogP contribution in [0.4, 0.5) is 4.39 Å². The highest BCUT2D eigenvalue weighted by Crippen LogP contribution is 2.31. The van der Waals surface area contributed by atoms with Crippen molar-refractivity contribution in [2.45, 2.75) is 19.4 Å². The zero-order chi connectivity index (χ0) is 12.3. The lowest BCUT2D eigenvalue weighted by atomic mass is 10.00. The van der Waals surface area contributed by atoms with Crippen LogP contribution in [-0.4, -0.2) is 18.2 Å². The van der Waals surface area contributed by atoms with Gasteiger partial charge in [0.1, 0.15) is 11.6 Å². The van der Waals surface area contributed by atoms with Crippen LogP contribution in [0.1, 0.15) is 23.6 Å². The molecular weight excluding hydrogens is 213 g/mol. The predicted molar refractivity (Wildman–Crippen MR) is 56.9 cm³/mol. The van der Waals surface area contributed by atoms with Gasteiger partial charge in [-0.05, 0) is 18.6 Å². The fourth-order valence-electron chi connectivity index (χ4n) is 1.59. The van der Waals surface area contributed by atoms with Crippen molar-refractivity contribution in [1.82, 2.24) is 0 Å². The fourth-order valence-corrected chi connectivity index (χ4v) is 1.59. The lowest BCUT2D eigenvalue weighted by Gasteiger charge is -2.16. The van der Waals surface area contributed by atoms with Gasteiger partial charge in [-0.2, -0.15) is 0 Å². The molecule has 0 heterocycles. The number of carboxylic acids is 1. The number of carboxylic acid groups (broad SMARTS) is 1. The van der Waals surface area contributed by atoms with Crippen LogP contribution in [0.3, 0.4) is 0 Å². The van der Waals surface area contributed by atoms with Crippen LogP contribution in [0.15, 0.2) is 12.1 Å². The summed E-state index contributed by atoms with van der Waals surface area (Å²) < 4.78 is 18.6. The third-order valence-corrected chi connectivity index (χ3v) is 2.31. The van der Waals surface area contributed by atoms with E-state index in [1.807, 2.05) is 0 Å². The summed E-state index contributed by atoms with van der Waals surface area (Å²) in [6.45, 7) is 1.75. The molecule has 0 aliphatic rings. The van der Waals surface area contributed by atoms with Gasteiger partial charge in [0.2, 0.25) is 0 Å². The predicted octanol–water partition coefficient (Wildman–Crippen LogP) is 1.62. The van der Waals surface area contributed by atoms with Crippen LogP contribution in [0, 0.1) is 12.7 Å². The molecule has 1 atom stereocenters. The highest BCUT2D eigenvalue weighted by atomic mass is 19.1. The molecule has 1 aromatic carbocycles. The van der Waals surface area contributed by atoms with E-state index in [9.17, 15) is 9.18 Å². The van der Waals surface area contributed by atoms with Crippen LogP contribution in [-0.2, 0) is 4.79 Å². The van der Waals surface area contributed by atoms with Crippen LogP contribution in [0.2, 0.25) is 0 Å². The molecule has 0 amide bonds. The molecule has 0 aromatic heterocycles. The molecule has 16 heavy (non-hydrogen) atoms. The molecule has 0 fully saturated rings. The van der Waals surface area contributed by atoms with E-state index in [2.05, 4.69) is 0 Å². The Morgan fingerprint density at radius 2 is 2.25 bits per heavy atom. The van der Waals surface area contributed by atoms with Gasteiger partial charge in [-0.3, -0.25) is 4.79 Å². The van der Waals surface area contributed by atoms with Crippen molar-refractivity contribution in [2.75, 3.05) is 7.11 Å². The molecule has 0 saturated carbocycles. The van der Waals surface area contributed by atoms with E-state index in [-0.39, 0.29) is 12.0 Å². The first-order chi connectivity index (χ1) is 7.47. The lowest BCUT2D eigenvalue weighted by molar-refractivity contribution is -0.137. The summed E-state index contributed by atoms with van der Waals surface area (Å²) in [6, 6.07) is 1.91. The van der Waals surface area contributed by atoms with Gasteiger partial charge in [0, 0.05) is 11.6 Å². The van der Waals surface area contributed by atoms with Crippen LogP contribution >= 0.6 is 0 Å². The highest BCUT2D eigenvalue weighted by Gasteiger charge is 2.20. The molecule has 1 aromatic rings. The minimum absolute atomic E-state index is 0.116. The summed E-state index contributed by atoms with van der Waals surface area (Å²) in [7, 11) is 1.40. The topological polar surface area (TPSA) is 72.5 Å². The highest BCUT2D eigenvalue weighted by molar-refractivity contribution is 5.68. The SMILES string of the molecule is COc1c(C)ccc(F)c1C(N)CC(=O)O. The number of ether oxygens (including phenoxy) is 1. The first-order valence-electron chi connectivity index (χ1n) is 4.77. The average Bonchev–Trinajstić information content (AvgIpc) is 2.19. The van der Waals surface area contributed by atoms with Crippen molar-refractivity contribution in [3.05, 3.63) is 29.1 Å². The Bertz CT molecular complexity index is 406. The number of carbonyl (C=O) groups is 1. The van der Waals surface area contributed by atoms with Crippen LogP contribution < -0.4 is 10.5 Å². The Labute approximate surface area is 92.8 Å². The third-order valence-electron chi connectivity index (χ3n) is 2.31. The van der Waals surface area contributed by atoms with Gasteiger partial charge in [0.05, 0.1) is 13.5 Å². The molecule has 0 radical (unpaired) electrons. The largest absolute Gasteiger partial charge is 0.496 e. The number of methoxy groups -OCH3 is 1. The van der Waals surface area contributed by atoms with Crippen molar-refractivity contribution in [1.29, 1.82) is 0 Å². The minimum Gasteiger partial charge on any atom is -0.496 e. The van der Waals surface area contributed by atoms with E-state index in [1.165, 1.54) is 13.2 Å². The smallest absolute Gasteiger partial charge is 0.305 e. The zero-order valence-electron chi connectivity index (χ0n) is 9.16. The molecule has 3 N–H and O–H groups in total. The van der Waals surface area contributed by atoms with E-state index in [0.717, 1.165) is 5.56 Å². The molecule has 0 saturated heterocycles. The number of hydrogen-bond acceptors (Lipinski definition) is 3. The Kier molecular flexibility index (Phi) is 3.84. The van der Waals surface area contributed by atoms with Crippen molar-refractivity contribution in [3.8, 4) is 5.75 Å². The van der Waals surface area contributed by atoms with Gasteiger partial charge in [-0.1, -0.05) is 6.07 Å². The minimum atomic E-state index is -1.07. The second-order valence-electron chi connectivity index (χ2n) is 3.52. The van der Waals surface area contributed by atoms with E-state index < -0.39 is 17.8 Å². The zero-order valence-corrected chi connectivity index (χ0v) is 9.16. The summed E-state index contributed by atoms with van der Waals surface area (Å²) in [5, 5.41) is 8.63. The second kappa shape index (κ2) is 4.94. The maximum absolute atomic E-state index is 13.6.